The first-order valence-electron chi connectivity index (χ1n) is 5.47. The summed E-state index contributed by atoms with van der Waals surface area (Å²) in [6.45, 7) is 2.62. The number of nitrogens with one attached hydrogen (secondary N) is 1. The van der Waals surface area contributed by atoms with Crippen molar-refractivity contribution in [2.45, 2.75) is 30.1 Å². The van der Waals surface area contributed by atoms with Gasteiger partial charge in [0.25, 0.3) is 0 Å². The topological polar surface area (TPSA) is 76.7 Å². The summed E-state index contributed by atoms with van der Waals surface area (Å²) >= 11 is 1.29. The van der Waals surface area contributed by atoms with Gasteiger partial charge in [0.15, 0.2) is 5.16 Å². The number of aromatic amines is 1. The quantitative estimate of drug-likeness (QED) is 0.877. The molecule has 0 atom stereocenters. The molecule has 1 aromatic heterocycles. The van der Waals surface area contributed by atoms with Gasteiger partial charge in [-0.3, -0.25) is 4.57 Å². The van der Waals surface area contributed by atoms with E-state index >= 15 is 0 Å². The van der Waals surface area contributed by atoms with Gasteiger partial charge in [0.2, 0.25) is 0 Å². The molecular weight excluding hydrogens is 255 g/mol. The molecule has 0 bridgehead atoms. The first-order chi connectivity index (χ1) is 8.65. The highest BCUT2D eigenvalue weighted by atomic mass is 32.2. The Hall–Kier alpha value is -1.60. The third kappa shape index (κ3) is 2.46. The molecule has 2 aromatic rings. The molecule has 7 heteroatoms. The maximum atomic E-state index is 13.1. The summed E-state index contributed by atoms with van der Waals surface area (Å²) < 4.78 is 14.6. The third-order valence-electron chi connectivity index (χ3n) is 2.48. The van der Waals surface area contributed by atoms with Crippen molar-refractivity contribution >= 4 is 11.8 Å². The molecule has 0 saturated heterocycles. The highest BCUT2D eigenvalue weighted by Gasteiger charge is 2.11. The van der Waals surface area contributed by atoms with Gasteiger partial charge < -0.3 is 5.73 Å². The van der Waals surface area contributed by atoms with Gasteiger partial charge in [0.1, 0.15) is 5.82 Å². The lowest BCUT2D eigenvalue weighted by molar-refractivity contribution is 0.623. The Morgan fingerprint density at radius 1 is 1.56 bits per heavy atom. The van der Waals surface area contributed by atoms with Gasteiger partial charge >= 0.3 is 5.69 Å². The average molecular weight is 268 g/mol. The molecule has 0 spiro atoms. The van der Waals surface area contributed by atoms with E-state index in [0.29, 0.717) is 17.3 Å². The Morgan fingerprint density at radius 2 is 2.33 bits per heavy atom. The predicted molar refractivity (Wildman–Crippen MR) is 66.9 cm³/mol. The third-order valence-corrected chi connectivity index (χ3v) is 3.60. The SMILES string of the molecule is CCn1c(Sc2ccc(F)cc2CN)n[nH]c1=O. The van der Waals surface area contributed by atoms with E-state index in [9.17, 15) is 9.18 Å². The van der Waals surface area contributed by atoms with Gasteiger partial charge in [0, 0.05) is 18.0 Å². The van der Waals surface area contributed by atoms with Gasteiger partial charge in [-0.25, -0.2) is 14.3 Å². The van der Waals surface area contributed by atoms with Crippen molar-refractivity contribution in [3.05, 3.63) is 40.1 Å². The van der Waals surface area contributed by atoms with Crippen molar-refractivity contribution in [1.82, 2.24) is 14.8 Å². The summed E-state index contributed by atoms with van der Waals surface area (Å²) in [7, 11) is 0. The maximum absolute atomic E-state index is 13.1. The number of aromatic nitrogens is 3. The number of halogens is 1. The van der Waals surface area contributed by atoms with Crippen LogP contribution in [0.25, 0.3) is 0 Å². The van der Waals surface area contributed by atoms with Crippen LogP contribution in [0.4, 0.5) is 4.39 Å². The normalized spacial score (nSPS) is 10.8. The first kappa shape index (κ1) is 12.8. The molecule has 0 unspecified atom stereocenters. The van der Waals surface area contributed by atoms with Crippen LogP contribution >= 0.6 is 11.8 Å². The number of H-pyrrole nitrogens is 1. The minimum atomic E-state index is -0.324. The molecule has 96 valence electrons. The summed E-state index contributed by atoms with van der Waals surface area (Å²) in [6.07, 6.45) is 0. The van der Waals surface area contributed by atoms with Crippen molar-refractivity contribution < 1.29 is 4.39 Å². The molecule has 0 aliphatic carbocycles. The molecular formula is C11H13FN4OS. The summed E-state index contributed by atoms with van der Waals surface area (Å²) in [4.78, 5) is 12.2. The zero-order valence-electron chi connectivity index (χ0n) is 9.81. The second-order valence-corrected chi connectivity index (χ2v) is 4.62. The van der Waals surface area contributed by atoms with Gasteiger partial charge in [-0.2, -0.15) is 0 Å². The zero-order chi connectivity index (χ0) is 13.1. The van der Waals surface area contributed by atoms with E-state index in [1.807, 2.05) is 6.92 Å². The van der Waals surface area contributed by atoms with Gasteiger partial charge in [0.05, 0.1) is 0 Å². The van der Waals surface area contributed by atoms with Crippen LogP contribution < -0.4 is 11.4 Å². The van der Waals surface area contributed by atoms with Crippen LogP contribution in [0.3, 0.4) is 0 Å². The molecule has 3 N–H and O–H groups in total. The molecule has 0 aliphatic heterocycles. The lowest BCUT2D eigenvalue weighted by Gasteiger charge is -2.07. The molecule has 2 rings (SSSR count). The number of hydrogen-bond donors (Lipinski definition) is 2. The second kappa shape index (κ2) is 5.36. The van der Waals surface area contributed by atoms with E-state index < -0.39 is 0 Å². The Kier molecular flexibility index (Phi) is 3.83. The molecule has 0 fully saturated rings. The minimum absolute atomic E-state index is 0.237. The van der Waals surface area contributed by atoms with Gasteiger partial charge in [-0.1, -0.05) is 0 Å². The Morgan fingerprint density at radius 3 is 3.00 bits per heavy atom. The standard InChI is InChI=1S/C11H13FN4OS/c1-2-16-10(17)14-15-11(16)18-9-4-3-8(12)5-7(9)6-13/h3-5H,2,6,13H2,1H3,(H,14,17). The summed E-state index contributed by atoms with van der Waals surface area (Å²) in [5.41, 5.74) is 6.01. The van der Waals surface area contributed by atoms with Crippen molar-refractivity contribution in [2.24, 2.45) is 5.73 Å². The van der Waals surface area contributed by atoms with Crippen LogP contribution in [-0.2, 0) is 13.1 Å². The van der Waals surface area contributed by atoms with E-state index in [-0.39, 0.29) is 18.1 Å². The Bertz CT molecular complexity index is 607. The van der Waals surface area contributed by atoms with E-state index in [4.69, 9.17) is 5.73 Å². The summed E-state index contributed by atoms with van der Waals surface area (Å²) in [5, 5.41) is 6.87. The van der Waals surface area contributed by atoms with Crippen LogP contribution in [0.2, 0.25) is 0 Å². The maximum Gasteiger partial charge on any atom is 0.343 e. The first-order valence-corrected chi connectivity index (χ1v) is 6.29. The van der Waals surface area contributed by atoms with Crippen LogP contribution in [-0.4, -0.2) is 14.8 Å². The Labute approximate surface area is 107 Å². The zero-order valence-corrected chi connectivity index (χ0v) is 10.6. The monoisotopic (exact) mass is 268 g/mol. The van der Waals surface area contributed by atoms with Crippen molar-refractivity contribution in [3.63, 3.8) is 0 Å². The number of nitrogens with zero attached hydrogens (tertiary/aromatic N) is 2. The summed E-state index contributed by atoms with van der Waals surface area (Å²) in [5.74, 6) is -0.324. The largest absolute Gasteiger partial charge is 0.343 e. The van der Waals surface area contributed by atoms with E-state index in [1.165, 1.54) is 28.5 Å². The summed E-state index contributed by atoms with van der Waals surface area (Å²) in [6, 6.07) is 4.40. The van der Waals surface area contributed by atoms with Crippen LogP contribution in [0.1, 0.15) is 12.5 Å². The highest BCUT2D eigenvalue weighted by Crippen LogP contribution is 2.28. The van der Waals surface area contributed by atoms with Crippen LogP contribution in [0.15, 0.2) is 33.0 Å². The number of rotatable bonds is 4. The number of nitrogens with two attached hydrogens (primary N) is 1. The second-order valence-electron chi connectivity index (χ2n) is 3.61. The molecule has 0 aliphatic rings. The van der Waals surface area contributed by atoms with E-state index in [0.717, 1.165) is 4.90 Å². The fourth-order valence-electron chi connectivity index (χ4n) is 1.57. The molecule has 0 amide bonds. The number of hydrogen-bond acceptors (Lipinski definition) is 4. The lowest BCUT2D eigenvalue weighted by Crippen LogP contribution is -2.16. The van der Waals surface area contributed by atoms with Gasteiger partial charge in [-0.15, -0.1) is 5.10 Å². The van der Waals surface area contributed by atoms with Crippen molar-refractivity contribution in [2.75, 3.05) is 0 Å². The van der Waals surface area contributed by atoms with Crippen LogP contribution in [0.5, 0.6) is 0 Å². The Balaban J connectivity index is 2.36. The fraction of sp³-hybridized carbons (Fsp3) is 0.273. The van der Waals surface area contributed by atoms with E-state index in [2.05, 4.69) is 10.2 Å². The van der Waals surface area contributed by atoms with Crippen molar-refractivity contribution in [1.29, 1.82) is 0 Å². The van der Waals surface area contributed by atoms with E-state index in [1.54, 1.807) is 6.07 Å². The lowest BCUT2D eigenvalue weighted by atomic mass is 10.2. The fourth-order valence-corrected chi connectivity index (χ4v) is 2.59. The molecule has 1 aromatic carbocycles. The average Bonchev–Trinajstić information content (AvgIpc) is 2.72. The highest BCUT2D eigenvalue weighted by molar-refractivity contribution is 7.99. The van der Waals surface area contributed by atoms with Crippen LogP contribution in [0, 0.1) is 5.82 Å². The predicted octanol–water partition coefficient (Wildman–Crippen LogP) is 1.34. The molecule has 18 heavy (non-hydrogen) atoms. The molecule has 1 heterocycles. The smallest absolute Gasteiger partial charge is 0.326 e. The van der Waals surface area contributed by atoms with Gasteiger partial charge in [-0.05, 0) is 42.4 Å². The molecule has 0 radical (unpaired) electrons. The molecule has 0 saturated carbocycles. The molecule has 5 nitrogen and oxygen atoms in total. The minimum Gasteiger partial charge on any atom is -0.326 e. The van der Waals surface area contributed by atoms with Crippen molar-refractivity contribution in [3.8, 4) is 0 Å². The number of benzene rings is 1.